The first-order chi connectivity index (χ1) is 7.54. The second kappa shape index (κ2) is 6.75. The van der Waals surface area contributed by atoms with Gasteiger partial charge in [0.05, 0.1) is 11.7 Å². The zero-order valence-corrected chi connectivity index (χ0v) is 13.1. The zero-order chi connectivity index (χ0) is 13.7. The Morgan fingerprint density at radius 2 is 1.47 bits per heavy atom. The normalized spacial score (nSPS) is 15.4. The lowest BCUT2D eigenvalue weighted by Crippen LogP contribution is -2.31. The second-order valence-corrected chi connectivity index (χ2v) is 7.09. The highest BCUT2D eigenvalue weighted by Crippen LogP contribution is 2.23. The molecule has 104 valence electrons. The highest BCUT2D eigenvalue weighted by Gasteiger charge is 2.23. The Labute approximate surface area is 108 Å². The molecule has 0 aliphatic rings. The first-order valence-electron chi connectivity index (χ1n) is 6.80. The lowest BCUT2D eigenvalue weighted by molar-refractivity contribution is -0.0710. The third-order valence-electron chi connectivity index (χ3n) is 3.10. The van der Waals surface area contributed by atoms with Gasteiger partial charge in [-0.1, -0.05) is 34.6 Å². The van der Waals surface area contributed by atoms with Crippen LogP contribution < -0.4 is 0 Å². The van der Waals surface area contributed by atoms with Crippen molar-refractivity contribution in [3.05, 3.63) is 0 Å². The first-order valence-corrected chi connectivity index (χ1v) is 6.80. The molecule has 0 radical (unpaired) electrons. The van der Waals surface area contributed by atoms with Gasteiger partial charge in [0.2, 0.25) is 0 Å². The van der Waals surface area contributed by atoms with Gasteiger partial charge in [0.1, 0.15) is 0 Å². The van der Waals surface area contributed by atoms with Crippen molar-refractivity contribution in [1.82, 2.24) is 0 Å². The Kier molecular flexibility index (Phi) is 6.71. The highest BCUT2D eigenvalue weighted by molar-refractivity contribution is 4.72. The van der Waals surface area contributed by atoms with Crippen LogP contribution in [0.25, 0.3) is 0 Å². The summed E-state index contributed by atoms with van der Waals surface area (Å²) in [5.74, 6) is 0.587. The summed E-state index contributed by atoms with van der Waals surface area (Å²) in [5, 5.41) is 0. The molecule has 0 amide bonds. The summed E-state index contributed by atoms with van der Waals surface area (Å²) in [6.07, 6.45) is 1.23. The quantitative estimate of drug-likeness (QED) is 0.665. The third-order valence-corrected chi connectivity index (χ3v) is 3.10. The molecule has 2 nitrogen and oxygen atoms in total. The van der Waals surface area contributed by atoms with Gasteiger partial charge in [-0.3, -0.25) is 0 Å². The van der Waals surface area contributed by atoms with E-state index in [0.29, 0.717) is 5.92 Å². The van der Waals surface area contributed by atoms with Crippen LogP contribution in [-0.2, 0) is 9.47 Å². The van der Waals surface area contributed by atoms with Gasteiger partial charge in [-0.05, 0) is 38.5 Å². The van der Waals surface area contributed by atoms with Crippen LogP contribution in [0.5, 0.6) is 0 Å². The minimum atomic E-state index is -0.0815. The van der Waals surface area contributed by atoms with E-state index in [1.165, 1.54) is 0 Å². The third kappa shape index (κ3) is 8.62. The maximum absolute atomic E-state index is 5.88. The van der Waals surface area contributed by atoms with Crippen molar-refractivity contribution >= 4 is 0 Å². The van der Waals surface area contributed by atoms with Crippen LogP contribution in [-0.4, -0.2) is 24.9 Å². The molecule has 0 aromatic rings. The van der Waals surface area contributed by atoms with Crippen molar-refractivity contribution in [3.63, 3.8) is 0 Å². The van der Waals surface area contributed by atoms with E-state index >= 15 is 0 Å². The number of rotatable bonds is 7. The largest absolute Gasteiger partial charge is 0.378 e. The molecule has 0 aromatic heterocycles. The van der Waals surface area contributed by atoms with Crippen LogP contribution in [0.4, 0.5) is 0 Å². The van der Waals surface area contributed by atoms with Crippen LogP contribution in [0.1, 0.15) is 61.8 Å². The average molecular weight is 244 g/mol. The van der Waals surface area contributed by atoms with E-state index in [1.54, 1.807) is 0 Å². The van der Waals surface area contributed by atoms with E-state index in [4.69, 9.17) is 9.47 Å². The molecule has 0 aliphatic carbocycles. The molecule has 0 fully saturated rings. The molecule has 0 spiro atoms. The van der Waals surface area contributed by atoms with E-state index in [-0.39, 0.29) is 17.1 Å². The summed E-state index contributed by atoms with van der Waals surface area (Å²) >= 11 is 0. The SMILES string of the molecule is CC(C)COC(C)(C)CCOC(C)C(C)(C)C. The van der Waals surface area contributed by atoms with Crippen LogP contribution in [0.2, 0.25) is 0 Å². The number of hydrogen-bond acceptors (Lipinski definition) is 2. The van der Waals surface area contributed by atoms with Crippen LogP contribution >= 0.6 is 0 Å². The Morgan fingerprint density at radius 1 is 0.941 bits per heavy atom. The van der Waals surface area contributed by atoms with Gasteiger partial charge in [-0.15, -0.1) is 0 Å². The Balaban J connectivity index is 3.87. The molecule has 0 aliphatic heterocycles. The van der Waals surface area contributed by atoms with Crippen molar-refractivity contribution in [2.75, 3.05) is 13.2 Å². The Hall–Kier alpha value is -0.0800. The second-order valence-electron chi connectivity index (χ2n) is 7.09. The van der Waals surface area contributed by atoms with Gasteiger partial charge in [-0.25, -0.2) is 0 Å². The molecule has 0 saturated carbocycles. The minimum Gasteiger partial charge on any atom is -0.378 e. The predicted molar refractivity (Wildman–Crippen MR) is 74.4 cm³/mol. The van der Waals surface area contributed by atoms with Crippen molar-refractivity contribution in [1.29, 1.82) is 0 Å². The van der Waals surface area contributed by atoms with Crippen LogP contribution in [0, 0.1) is 11.3 Å². The standard InChI is InChI=1S/C15H32O2/c1-12(2)11-17-15(7,8)9-10-16-13(3)14(4,5)6/h12-13H,9-11H2,1-8H3. The number of ether oxygens (including phenoxy) is 2. The molecule has 1 unspecified atom stereocenters. The topological polar surface area (TPSA) is 18.5 Å². The smallest absolute Gasteiger partial charge is 0.0648 e. The lowest BCUT2D eigenvalue weighted by Gasteiger charge is -2.30. The fourth-order valence-electron chi connectivity index (χ4n) is 1.20. The molecule has 1 atom stereocenters. The van der Waals surface area contributed by atoms with Crippen molar-refractivity contribution in [2.24, 2.45) is 11.3 Å². The van der Waals surface area contributed by atoms with Gasteiger partial charge in [0, 0.05) is 13.2 Å². The molecular weight excluding hydrogens is 212 g/mol. The summed E-state index contributed by atoms with van der Waals surface area (Å²) in [6.45, 7) is 19.0. The monoisotopic (exact) mass is 244 g/mol. The van der Waals surface area contributed by atoms with E-state index < -0.39 is 0 Å². The molecule has 2 heteroatoms. The first kappa shape index (κ1) is 16.9. The molecular formula is C15H32O2. The fraction of sp³-hybridized carbons (Fsp3) is 1.00. The highest BCUT2D eigenvalue weighted by atomic mass is 16.5. The summed E-state index contributed by atoms with van der Waals surface area (Å²) in [7, 11) is 0. The molecule has 0 rings (SSSR count). The van der Waals surface area contributed by atoms with Crippen LogP contribution in [0.15, 0.2) is 0 Å². The zero-order valence-electron chi connectivity index (χ0n) is 13.1. The van der Waals surface area contributed by atoms with E-state index in [1.807, 2.05) is 0 Å². The maximum Gasteiger partial charge on any atom is 0.0648 e. The Bertz CT molecular complexity index is 201. The summed E-state index contributed by atoms with van der Waals surface area (Å²) in [6, 6.07) is 0. The van der Waals surface area contributed by atoms with Crippen LogP contribution in [0.3, 0.4) is 0 Å². The van der Waals surface area contributed by atoms with Crippen molar-refractivity contribution in [2.45, 2.75) is 73.5 Å². The molecule has 0 aromatic carbocycles. The molecule has 17 heavy (non-hydrogen) atoms. The van der Waals surface area contributed by atoms with E-state index in [2.05, 4.69) is 55.4 Å². The maximum atomic E-state index is 5.88. The summed E-state index contributed by atoms with van der Waals surface area (Å²) < 4.78 is 11.7. The fourth-order valence-corrected chi connectivity index (χ4v) is 1.20. The lowest BCUT2D eigenvalue weighted by atomic mass is 9.90. The van der Waals surface area contributed by atoms with Crippen molar-refractivity contribution < 1.29 is 9.47 Å². The van der Waals surface area contributed by atoms with Gasteiger partial charge >= 0.3 is 0 Å². The van der Waals surface area contributed by atoms with E-state index in [0.717, 1.165) is 19.6 Å². The van der Waals surface area contributed by atoms with E-state index in [9.17, 15) is 0 Å². The van der Waals surface area contributed by atoms with Crippen molar-refractivity contribution in [3.8, 4) is 0 Å². The van der Waals surface area contributed by atoms with Gasteiger partial charge in [-0.2, -0.15) is 0 Å². The van der Waals surface area contributed by atoms with Gasteiger partial charge in [0.15, 0.2) is 0 Å². The molecule has 0 saturated heterocycles. The molecule has 0 N–H and O–H groups in total. The van der Waals surface area contributed by atoms with Gasteiger partial charge in [0.25, 0.3) is 0 Å². The van der Waals surface area contributed by atoms with Gasteiger partial charge < -0.3 is 9.47 Å². The summed E-state index contributed by atoms with van der Waals surface area (Å²) in [5.41, 5.74) is 0.130. The predicted octanol–water partition coefficient (Wildman–Crippen LogP) is 4.28. The number of hydrogen-bond donors (Lipinski definition) is 0. The molecule has 0 bridgehead atoms. The Morgan fingerprint density at radius 3 is 1.88 bits per heavy atom. The average Bonchev–Trinajstić information content (AvgIpc) is 2.13. The summed E-state index contributed by atoms with van der Waals surface area (Å²) in [4.78, 5) is 0. The molecule has 0 heterocycles. The minimum absolute atomic E-state index is 0.0815.